The summed E-state index contributed by atoms with van der Waals surface area (Å²) >= 11 is 4.76. The molecule has 0 spiro atoms. The molecule has 1 amide bonds. The van der Waals surface area contributed by atoms with Crippen LogP contribution in [0.5, 0.6) is 0 Å². The molecule has 0 aliphatic rings. The molecule has 1 N–H and O–H groups in total. The molecule has 2 rings (SSSR count). The van der Waals surface area contributed by atoms with Crippen molar-refractivity contribution in [2.24, 2.45) is 0 Å². The van der Waals surface area contributed by atoms with Crippen LogP contribution in [0.3, 0.4) is 0 Å². The Morgan fingerprint density at radius 2 is 1.95 bits per heavy atom. The highest BCUT2D eigenvalue weighted by atomic mass is 79.9. The number of anilines is 1. The van der Waals surface area contributed by atoms with Crippen molar-refractivity contribution in [3.8, 4) is 11.3 Å². The molecule has 0 aliphatic heterocycles. The van der Waals surface area contributed by atoms with Crippen LogP contribution in [0.2, 0.25) is 0 Å². The summed E-state index contributed by atoms with van der Waals surface area (Å²) in [7, 11) is 0. The molecule has 2 aromatic rings. The number of benzene rings is 1. The van der Waals surface area contributed by atoms with Gasteiger partial charge < -0.3 is 4.74 Å². The lowest BCUT2D eigenvalue weighted by molar-refractivity contribution is 0.0636. The molecule has 20 heavy (non-hydrogen) atoms. The summed E-state index contributed by atoms with van der Waals surface area (Å²) in [4.78, 5) is 16.0. The number of rotatable bonds is 2. The molecular weight excluding hydrogens is 340 g/mol. The molecule has 0 atom stereocenters. The fourth-order valence-corrected chi connectivity index (χ4v) is 2.44. The van der Waals surface area contributed by atoms with Crippen LogP contribution in [-0.2, 0) is 4.74 Å². The molecule has 1 aromatic carbocycles. The minimum Gasteiger partial charge on any atom is -0.444 e. The Morgan fingerprint density at radius 3 is 2.55 bits per heavy atom. The van der Waals surface area contributed by atoms with Gasteiger partial charge in [0.05, 0.1) is 5.69 Å². The molecule has 0 fully saturated rings. The predicted octanol–water partition coefficient (Wildman–Crippen LogP) is 4.92. The highest BCUT2D eigenvalue weighted by molar-refractivity contribution is 9.10. The number of hydrogen-bond donors (Lipinski definition) is 1. The summed E-state index contributed by atoms with van der Waals surface area (Å²) in [6, 6.07) is 7.85. The molecular formula is C14H15BrN2O2S. The Kier molecular flexibility index (Phi) is 4.45. The molecule has 0 saturated heterocycles. The Hall–Kier alpha value is -1.40. The van der Waals surface area contributed by atoms with Crippen LogP contribution in [0.1, 0.15) is 20.8 Å². The van der Waals surface area contributed by atoms with E-state index < -0.39 is 11.7 Å². The van der Waals surface area contributed by atoms with E-state index in [9.17, 15) is 4.79 Å². The van der Waals surface area contributed by atoms with Crippen molar-refractivity contribution in [2.45, 2.75) is 26.4 Å². The zero-order chi connectivity index (χ0) is 14.8. The first kappa shape index (κ1) is 15.0. The van der Waals surface area contributed by atoms with Crippen LogP contribution in [0, 0.1) is 0 Å². The van der Waals surface area contributed by atoms with Crippen molar-refractivity contribution in [2.75, 3.05) is 5.32 Å². The number of thiazole rings is 1. The van der Waals surface area contributed by atoms with Gasteiger partial charge >= 0.3 is 6.09 Å². The summed E-state index contributed by atoms with van der Waals surface area (Å²) in [5.41, 5.74) is 1.31. The third kappa shape index (κ3) is 4.31. The van der Waals surface area contributed by atoms with Crippen LogP contribution in [-0.4, -0.2) is 16.7 Å². The van der Waals surface area contributed by atoms with Gasteiger partial charge in [0.2, 0.25) is 0 Å². The molecule has 0 radical (unpaired) electrons. The number of ether oxygens (including phenoxy) is 1. The van der Waals surface area contributed by atoms with Crippen LogP contribution >= 0.6 is 27.3 Å². The highest BCUT2D eigenvalue weighted by Crippen LogP contribution is 2.26. The second-order valence-corrected chi connectivity index (χ2v) is 6.95. The van der Waals surface area contributed by atoms with Gasteiger partial charge in [-0.1, -0.05) is 28.1 Å². The Balaban J connectivity index is 2.06. The maximum Gasteiger partial charge on any atom is 0.413 e. The minimum atomic E-state index is -0.518. The van der Waals surface area contributed by atoms with E-state index >= 15 is 0 Å². The lowest BCUT2D eigenvalue weighted by atomic mass is 10.2. The van der Waals surface area contributed by atoms with Crippen LogP contribution in [0.15, 0.2) is 34.1 Å². The fourth-order valence-electron chi connectivity index (χ4n) is 1.48. The molecule has 1 heterocycles. The van der Waals surface area contributed by atoms with E-state index in [1.54, 1.807) is 0 Å². The Labute approximate surface area is 130 Å². The number of carbonyl (C=O) groups excluding carboxylic acids is 1. The molecule has 0 bridgehead atoms. The lowest BCUT2D eigenvalue weighted by Gasteiger charge is -2.18. The fraction of sp³-hybridized carbons (Fsp3) is 0.286. The van der Waals surface area contributed by atoms with Crippen molar-refractivity contribution in [1.29, 1.82) is 0 Å². The van der Waals surface area contributed by atoms with Crippen LogP contribution in [0.4, 0.5) is 9.93 Å². The van der Waals surface area contributed by atoms with Gasteiger partial charge in [-0.3, -0.25) is 5.32 Å². The third-order valence-electron chi connectivity index (χ3n) is 2.25. The standard InChI is InChI=1S/C14H15BrN2O2S/c1-14(2,3)19-13(18)17-12-16-11(8-20-12)9-4-6-10(15)7-5-9/h4-8H,1-3H3,(H,16,17,18). The van der Waals surface area contributed by atoms with Gasteiger partial charge in [0, 0.05) is 15.4 Å². The Bertz CT molecular complexity index is 602. The number of nitrogens with zero attached hydrogens (tertiary/aromatic N) is 1. The SMILES string of the molecule is CC(C)(C)OC(=O)Nc1nc(-c2ccc(Br)cc2)cs1. The monoisotopic (exact) mass is 354 g/mol. The van der Waals surface area contributed by atoms with Gasteiger partial charge in [-0.2, -0.15) is 0 Å². The van der Waals surface area contributed by atoms with E-state index in [-0.39, 0.29) is 0 Å². The smallest absolute Gasteiger partial charge is 0.413 e. The molecule has 4 nitrogen and oxygen atoms in total. The number of amides is 1. The van der Waals surface area contributed by atoms with E-state index in [0.29, 0.717) is 5.13 Å². The van der Waals surface area contributed by atoms with Gasteiger partial charge in [0.1, 0.15) is 5.60 Å². The van der Waals surface area contributed by atoms with Crippen molar-refractivity contribution in [3.63, 3.8) is 0 Å². The maximum absolute atomic E-state index is 11.6. The van der Waals surface area contributed by atoms with Gasteiger partial charge in [0.25, 0.3) is 0 Å². The van der Waals surface area contributed by atoms with Crippen LogP contribution < -0.4 is 5.32 Å². The van der Waals surface area contributed by atoms with Crippen LogP contribution in [0.25, 0.3) is 11.3 Å². The second kappa shape index (κ2) is 5.93. The molecule has 0 saturated carbocycles. The highest BCUT2D eigenvalue weighted by Gasteiger charge is 2.17. The Morgan fingerprint density at radius 1 is 1.30 bits per heavy atom. The van der Waals surface area contributed by atoms with E-state index in [4.69, 9.17) is 4.74 Å². The number of nitrogens with one attached hydrogen (secondary N) is 1. The van der Waals surface area contributed by atoms with Gasteiger partial charge in [-0.25, -0.2) is 9.78 Å². The van der Waals surface area contributed by atoms with Gasteiger partial charge in [-0.05, 0) is 32.9 Å². The van der Waals surface area contributed by atoms with Gasteiger partial charge in [0.15, 0.2) is 5.13 Å². The summed E-state index contributed by atoms with van der Waals surface area (Å²) < 4.78 is 6.20. The average molecular weight is 355 g/mol. The number of aromatic nitrogens is 1. The first-order valence-electron chi connectivity index (χ1n) is 6.05. The molecule has 0 aliphatic carbocycles. The summed E-state index contributed by atoms with van der Waals surface area (Å²) in [6.07, 6.45) is -0.491. The first-order chi connectivity index (χ1) is 9.33. The average Bonchev–Trinajstić information content (AvgIpc) is 2.75. The summed E-state index contributed by atoms with van der Waals surface area (Å²) in [5.74, 6) is 0. The number of carbonyl (C=O) groups is 1. The number of hydrogen-bond acceptors (Lipinski definition) is 4. The largest absolute Gasteiger partial charge is 0.444 e. The first-order valence-corrected chi connectivity index (χ1v) is 7.72. The number of halogens is 1. The second-order valence-electron chi connectivity index (χ2n) is 5.17. The quantitative estimate of drug-likeness (QED) is 0.832. The molecule has 0 unspecified atom stereocenters. The predicted molar refractivity (Wildman–Crippen MR) is 85.1 cm³/mol. The summed E-state index contributed by atoms with van der Waals surface area (Å²) in [5, 5.41) is 5.06. The third-order valence-corrected chi connectivity index (χ3v) is 3.54. The summed E-state index contributed by atoms with van der Waals surface area (Å²) in [6.45, 7) is 5.46. The zero-order valence-electron chi connectivity index (χ0n) is 11.4. The zero-order valence-corrected chi connectivity index (χ0v) is 13.8. The van der Waals surface area contributed by atoms with Crippen molar-refractivity contribution >= 4 is 38.5 Å². The van der Waals surface area contributed by atoms with E-state index in [1.165, 1.54) is 11.3 Å². The topological polar surface area (TPSA) is 51.2 Å². The van der Waals surface area contributed by atoms with E-state index in [1.807, 2.05) is 50.4 Å². The van der Waals surface area contributed by atoms with E-state index in [0.717, 1.165) is 15.7 Å². The van der Waals surface area contributed by atoms with Gasteiger partial charge in [-0.15, -0.1) is 11.3 Å². The van der Waals surface area contributed by atoms with Crippen molar-refractivity contribution in [3.05, 3.63) is 34.1 Å². The maximum atomic E-state index is 11.6. The molecule has 1 aromatic heterocycles. The molecule has 6 heteroatoms. The van der Waals surface area contributed by atoms with Crippen molar-refractivity contribution < 1.29 is 9.53 Å². The minimum absolute atomic E-state index is 0.491. The normalized spacial score (nSPS) is 11.2. The van der Waals surface area contributed by atoms with Crippen molar-refractivity contribution in [1.82, 2.24) is 4.98 Å². The molecule has 106 valence electrons. The lowest BCUT2D eigenvalue weighted by Crippen LogP contribution is -2.27. The van der Waals surface area contributed by atoms with E-state index in [2.05, 4.69) is 26.2 Å².